The van der Waals surface area contributed by atoms with Crippen LogP contribution in [0.5, 0.6) is 0 Å². The molecule has 1 heterocycles. The lowest BCUT2D eigenvalue weighted by Crippen LogP contribution is -2.28. The maximum absolute atomic E-state index is 11.5. The second kappa shape index (κ2) is 7.66. The number of Topliss-reactive ketones (excluding diaryl/α,β-unsaturated/α-hetero) is 1. The van der Waals surface area contributed by atoms with Crippen LogP contribution in [0.15, 0.2) is 48.5 Å². The Kier molecular flexibility index (Phi) is 5.32. The third-order valence-electron chi connectivity index (χ3n) is 4.88. The fraction of sp³-hybridized carbons (Fsp3) is 0.350. The van der Waals surface area contributed by atoms with Crippen molar-refractivity contribution in [1.29, 1.82) is 0 Å². The molecule has 26 heavy (non-hydrogen) atoms. The van der Waals surface area contributed by atoms with Crippen LogP contribution in [-0.4, -0.2) is 34.7 Å². The second-order valence-corrected chi connectivity index (χ2v) is 6.95. The molecule has 1 fully saturated rings. The third-order valence-corrected chi connectivity index (χ3v) is 4.88. The highest BCUT2D eigenvalue weighted by atomic mass is 16.6. The molecule has 6 heteroatoms. The number of nitro benzene ring substituents is 1. The monoisotopic (exact) mass is 353 g/mol. The first-order valence-electron chi connectivity index (χ1n) is 8.76. The van der Waals surface area contributed by atoms with Crippen LogP contribution in [0.2, 0.25) is 0 Å². The van der Waals surface area contributed by atoms with Crippen LogP contribution < -0.4 is 5.32 Å². The number of carbonyl (C=O) groups is 1. The van der Waals surface area contributed by atoms with Gasteiger partial charge < -0.3 is 5.32 Å². The predicted octanol–water partition coefficient (Wildman–Crippen LogP) is 3.73. The largest absolute Gasteiger partial charge is 0.375 e. The molecule has 0 spiro atoms. The SMILES string of the molecule is CC(=O)c1ccc(NC2CN(Cc3ccccc3)CC2C)c([N+](=O)[O-])c1. The molecule has 2 aromatic carbocycles. The van der Waals surface area contributed by atoms with Crippen molar-refractivity contribution in [2.75, 3.05) is 18.4 Å². The summed E-state index contributed by atoms with van der Waals surface area (Å²) in [5.41, 5.74) is 2.04. The maximum atomic E-state index is 11.5. The Morgan fingerprint density at radius 1 is 1.23 bits per heavy atom. The van der Waals surface area contributed by atoms with Crippen LogP contribution in [-0.2, 0) is 6.54 Å². The number of carbonyl (C=O) groups excluding carboxylic acids is 1. The van der Waals surface area contributed by atoms with Crippen LogP contribution in [0.25, 0.3) is 0 Å². The molecule has 0 amide bonds. The molecule has 2 aromatic rings. The van der Waals surface area contributed by atoms with Gasteiger partial charge >= 0.3 is 0 Å². The molecular formula is C20H23N3O3. The molecule has 1 aliphatic rings. The molecule has 0 bridgehead atoms. The molecule has 1 N–H and O–H groups in total. The predicted molar refractivity (Wildman–Crippen MR) is 101 cm³/mol. The van der Waals surface area contributed by atoms with Crippen molar-refractivity contribution in [2.24, 2.45) is 5.92 Å². The molecule has 0 radical (unpaired) electrons. The molecule has 1 aliphatic heterocycles. The highest BCUT2D eigenvalue weighted by Crippen LogP contribution is 2.29. The lowest BCUT2D eigenvalue weighted by atomic mass is 10.0. The van der Waals surface area contributed by atoms with Crippen LogP contribution >= 0.6 is 0 Å². The molecule has 1 saturated heterocycles. The van der Waals surface area contributed by atoms with E-state index >= 15 is 0 Å². The average Bonchev–Trinajstić information content (AvgIpc) is 2.94. The highest BCUT2D eigenvalue weighted by molar-refractivity contribution is 5.95. The standard InChI is InChI=1S/C20H23N3O3/c1-14-11-22(12-16-6-4-3-5-7-16)13-19(14)21-18-9-8-17(15(2)24)10-20(18)23(25)26/h3-10,14,19,21H,11-13H2,1-2H3. The zero-order chi connectivity index (χ0) is 18.7. The molecule has 2 unspecified atom stereocenters. The van der Waals surface area contributed by atoms with E-state index in [4.69, 9.17) is 0 Å². The van der Waals surface area contributed by atoms with Crippen molar-refractivity contribution in [1.82, 2.24) is 4.90 Å². The summed E-state index contributed by atoms with van der Waals surface area (Å²) in [5.74, 6) is 0.189. The van der Waals surface area contributed by atoms with Crippen molar-refractivity contribution >= 4 is 17.2 Å². The number of anilines is 1. The number of likely N-dealkylation sites (tertiary alicyclic amines) is 1. The quantitative estimate of drug-likeness (QED) is 0.486. The first kappa shape index (κ1) is 18.1. The Labute approximate surface area is 153 Å². The lowest BCUT2D eigenvalue weighted by molar-refractivity contribution is -0.384. The van der Waals surface area contributed by atoms with Gasteiger partial charge in [-0.15, -0.1) is 0 Å². The van der Waals surface area contributed by atoms with Gasteiger partial charge in [0.1, 0.15) is 5.69 Å². The topological polar surface area (TPSA) is 75.5 Å². The van der Waals surface area contributed by atoms with E-state index in [9.17, 15) is 14.9 Å². The van der Waals surface area contributed by atoms with Gasteiger partial charge in [-0.2, -0.15) is 0 Å². The first-order chi connectivity index (χ1) is 12.4. The minimum atomic E-state index is -0.434. The molecule has 3 rings (SSSR count). The Morgan fingerprint density at radius 3 is 2.62 bits per heavy atom. The molecular weight excluding hydrogens is 330 g/mol. The van der Waals surface area contributed by atoms with Gasteiger partial charge in [0.15, 0.2) is 5.78 Å². The summed E-state index contributed by atoms with van der Waals surface area (Å²) in [6, 6.07) is 15.0. The summed E-state index contributed by atoms with van der Waals surface area (Å²) in [6.07, 6.45) is 0. The highest BCUT2D eigenvalue weighted by Gasteiger charge is 2.31. The number of nitro groups is 1. The van der Waals surface area contributed by atoms with Crippen LogP contribution in [0, 0.1) is 16.0 Å². The molecule has 136 valence electrons. The van der Waals surface area contributed by atoms with Crippen molar-refractivity contribution in [3.63, 3.8) is 0 Å². The first-order valence-corrected chi connectivity index (χ1v) is 8.76. The number of nitrogens with zero attached hydrogens (tertiary/aromatic N) is 2. The minimum absolute atomic E-state index is 0.0496. The fourth-order valence-corrected chi connectivity index (χ4v) is 3.45. The van der Waals surface area contributed by atoms with E-state index in [2.05, 4.69) is 29.3 Å². The van der Waals surface area contributed by atoms with E-state index in [0.717, 1.165) is 19.6 Å². The van der Waals surface area contributed by atoms with Crippen LogP contribution in [0.4, 0.5) is 11.4 Å². The van der Waals surface area contributed by atoms with Crippen LogP contribution in [0.3, 0.4) is 0 Å². The van der Waals surface area contributed by atoms with Gasteiger partial charge in [0, 0.05) is 37.3 Å². The Balaban J connectivity index is 1.72. The minimum Gasteiger partial charge on any atom is -0.375 e. The summed E-state index contributed by atoms with van der Waals surface area (Å²) >= 11 is 0. The average molecular weight is 353 g/mol. The van der Waals surface area contributed by atoms with E-state index < -0.39 is 4.92 Å². The van der Waals surface area contributed by atoms with Crippen molar-refractivity contribution in [3.05, 3.63) is 69.8 Å². The molecule has 6 nitrogen and oxygen atoms in total. The normalized spacial score (nSPS) is 20.1. The number of hydrogen-bond donors (Lipinski definition) is 1. The maximum Gasteiger partial charge on any atom is 0.293 e. The van der Waals surface area contributed by atoms with E-state index in [1.165, 1.54) is 18.6 Å². The van der Waals surface area contributed by atoms with E-state index in [-0.39, 0.29) is 17.5 Å². The van der Waals surface area contributed by atoms with Gasteiger partial charge in [-0.1, -0.05) is 37.3 Å². The zero-order valence-corrected chi connectivity index (χ0v) is 15.0. The molecule has 0 aliphatic carbocycles. The van der Waals surface area contributed by atoms with Crippen molar-refractivity contribution < 1.29 is 9.72 Å². The number of benzene rings is 2. The Morgan fingerprint density at radius 2 is 1.96 bits per heavy atom. The number of nitrogens with one attached hydrogen (secondary N) is 1. The smallest absolute Gasteiger partial charge is 0.293 e. The van der Waals surface area contributed by atoms with Gasteiger partial charge in [0.2, 0.25) is 0 Å². The van der Waals surface area contributed by atoms with Gasteiger partial charge in [-0.25, -0.2) is 0 Å². The van der Waals surface area contributed by atoms with Crippen LogP contribution in [0.1, 0.15) is 29.8 Å². The van der Waals surface area contributed by atoms with Crippen molar-refractivity contribution in [2.45, 2.75) is 26.4 Å². The van der Waals surface area contributed by atoms with Gasteiger partial charge in [-0.3, -0.25) is 19.8 Å². The van der Waals surface area contributed by atoms with E-state index in [1.54, 1.807) is 12.1 Å². The number of rotatable bonds is 6. The zero-order valence-electron chi connectivity index (χ0n) is 15.0. The molecule has 0 aromatic heterocycles. The van der Waals surface area contributed by atoms with E-state index in [0.29, 0.717) is 17.2 Å². The van der Waals surface area contributed by atoms with Crippen molar-refractivity contribution in [3.8, 4) is 0 Å². The summed E-state index contributed by atoms with van der Waals surface area (Å²) < 4.78 is 0. The summed E-state index contributed by atoms with van der Waals surface area (Å²) in [7, 11) is 0. The molecule has 0 saturated carbocycles. The fourth-order valence-electron chi connectivity index (χ4n) is 3.45. The second-order valence-electron chi connectivity index (χ2n) is 6.95. The van der Waals surface area contributed by atoms with Gasteiger partial charge in [0.25, 0.3) is 5.69 Å². The lowest BCUT2D eigenvalue weighted by Gasteiger charge is -2.18. The Bertz CT molecular complexity index is 807. The van der Waals surface area contributed by atoms with Gasteiger partial charge in [0.05, 0.1) is 4.92 Å². The number of ketones is 1. The van der Waals surface area contributed by atoms with Gasteiger partial charge in [-0.05, 0) is 30.5 Å². The molecule has 2 atom stereocenters. The number of hydrogen-bond acceptors (Lipinski definition) is 5. The Hall–Kier alpha value is -2.73. The summed E-state index contributed by atoms with van der Waals surface area (Å²) in [4.78, 5) is 24.8. The summed E-state index contributed by atoms with van der Waals surface area (Å²) in [6.45, 7) is 6.19. The summed E-state index contributed by atoms with van der Waals surface area (Å²) in [5, 5.41) is 14.7. The van der Waals surface area contributed by atoms with E-state index in [1.807, 2.05) is 18.2 Å². The third kappa shape index (κ3) is 4.08.